The molecule has 0 fully saturated rings. The van der Waals surface area contributed by atoms with Crippen LogP contribution >= 0.6 is 0 Å². The lowest BCUT2D eigenvalue weighted by molar-refractivity contribution is 0.620. The van der Waals surface area contributed by atoms with Gasteiger partial charge in [0.25, 0.3) is 0 Å². The van der Waals surface area contributed by atoms with Crippen LogP contribution in [0.15, 0.2) is 30.5 Å². The molecule has 2 nitrogen and oxygen atoms in total. The molecule has 0 atom stereocenters. The molecular weight excluding hydrogens is 167 g/mol. The zero-order chi connectivity index (χ0) is 9.10. The van der Waals surface area contributed by atoms with Gasteiger partial charge in [-0.15, -0.1) is 0 Å². The maximum absolute atomic E-state index is 12.6. The topological polar surface area (TPSA) is 16.1 Å². The second kappa shape index (κ2) is 3.56. The summed E-state index contributed by atoms with van der Waals surface area (Å²) in [5.41, 5.74) is 0. The van der Waals surface area contributed by atoms with Crippen molar-refractivity contribution in [1.82, 2.24) is 4.98 Å². The fourth-order valence-electron chi connectivity index (χ4n) is 1.40. The Morgan fingerprint density at radius 1 is 1.31 bits per heavy atom. The number of halogens is 1. The third kappa shape index (κ3) is 1.86. The van der Waals surface area contributed by atoms with Gasteiger partial charge >= 0.3 is 0 Å². The highest BCUT2D eigenvalue weighted by molar-refractivity contribution is 5.39. The summed E-state index contributed by atoms with van der Waals surface area (Å²) in [6.07, 6.45) is 6.56. The van der Waals surface area contributed by atoms with Crippen LogP contribution < -0.4 is 4.90 Å². The van der Waals surface area contributed by atoms with E-state index in [0.717, 1.165) is 25.3 Å². The predicted molar refractivity (Wildman–Crippen MR) is 50.2 cm³/mol. The summed E-state index contributed by atoms with van der Waals surface area (Å²) in [5.74, 6) is 0.571. The number of pyridine rings is 1. The van der Waals surface area contributed by atoms with E-state index in [2.05, 4.69) is 22.0 Å². The molecule has 0 aromatic carbocycles. The van der Waals surface area contributed by atoms with E-state index in [1.54, 1.807) is 6.07 Å². The molecule has 0 unspecified atom stereocenters. The number of aromatic nitrogens is 1. The van der Waals surface area contributed by atoms with Crippen LogP contribution in [0.25, 0.3) is 0 Å². The van der Waals surface area contributed by atoms with Crippen LogP contribution in [0.2, 0.25) is 0 Å². The highest BCUT2D eigenvalue weighted by Gasteiger charge is 2.07. The maximum Gasteiger partial charge on any atom is 0.141 e. The Balaban J connectivity index is 2.15. The lowest BCUT2D eigenvalue weighted by atomic mass is 10.2. The van der Waals surface area contributed by atoms with Gasteiger partial charge in [-0.3, -0.25) is 0 Å². The van der Waals surface area contributed by atoms with Crippen molar-refractivity contribution in [2.75, 3.05) is 18.0 Å². The van der Waals surface area contributed by atoms with Gasteiger partial charge in [0.1, 0.15) is 11.6 Å². The average Bonchev–Trinajstić information content (AvgIpc) is 2.20. The summed E-state index contributed by atoms with van der Waals surface area (Å²) in [6.45, 7) is 1.84. The Labute approximate surface area is 76.7 Å². The van der Waals surface area contributed by atoms with E-state index in [4.69, 9.17) is 0 Å². The van der Waals surface area contributed by atoms with Crippen molar-refractivity contribution in [1.29, 1.82) is 0 Å². The van der Waals surface area contributed by atoms with E-state index in [1.165, 1.54) is 12.3 Å². The highest BCUT2D eigenvalue weighted by Crippen LogP contribution is 2.13. The molecule has 0 aliphatic carbocycles. The first-order valence-corrected chi connectivity index (χ1v) is 4.38. The molecule has 1 aromatic rings. The first-order chi connectivity index (χ1) is 6.36. The molecule has 1 aliphatic rings. The third-order valence-corrected chi connectivity index (χ3v) is 2.09. The summed E-state index contributed by atoms with van der Waals surface area (Å²) in [6, 6.07) is 3.16. The molecule has 0 radical (unpaired) electrons. The first-order valence-electron chi connectivity index (χ1n) is 4.38. The van der Waals surface area contributed by atoms with Gasteiger partial charge in [0.05, 0.1) is 6.20 Å². The van der Waals surface area contributed by atoms with Gasteiger partial charge in [0.2, 0.25) is 0 Å². The quantitative estimate of drug-likeness (QED) is 0.611. The molecule has 0 N–H and O–H groups in total. The number of anilines is 1. The Kier molecular flexibility index (Phi) is 2.25. The zero-order valence-electron chi connectivity index (χ0n) is 7.28. The van der Waals surface area contributed by atoms with E-state index in [-0.39, 0.29) is 5.82 Å². The van der Waals surface area contributed by atoms with Gasteiger partial charge in [-0.2, -0.15) is 0 Å². The number of hydrogen-bond donors (Lipinski definition) is 0. The van der Waals surface area contributed by atoms with Crippen LogP contribution in [0, 0.1) is 5.82 Å². The van der Waals surface area contributed by atoms with Crippen LogP contribution in [0.5, 0.6) is 0 Å². The molecule has 2 rings (SSSR count). The van der Waals surface area contributed by atoms with Crippen molar-refractivity contribution in [2.24, 2.45) is 0 Å². The van der Waals surface area contributed by atoms with Gasteiger partial charge in [-0.25, -0.2) is 9.37 Å². The van der Waals surface area contributed by atoms with E-state index < -0.39 is 0 Å². The van der Waals surface area contributed by atoms with Crippen LogP contribution in [-0.4, -0.2) is 18.1 Å². The Morgan fingerprint density at radius 3 is 2.85 bits per heavy atom. The Morgan fingerprint density at radius 2 is 2.23 bits per heavy atom. The molecule has 0 bridgehead atoms. The van der Waals surface area contributed by atoms with Crippen LogP contribution in [0.1, 0.15) is 6.42 Å². The predicted octanol–water partition coefficient (Wildman–Crippen LogP) is 1.99. The minimum absolute atomic E-state index is 0.281. The standard InChI is InChI=1S/C10H11FN2/c11-9-4-5-10(12-8-9)13-6-2-1-3-7-13/h1-2,4-5,8H,3,6-7H2. The second-order valence-corrected chi connectivity index (χ2v) is 3.04. The fraction of sp³-hybridized carbons (Fsp3) is 0.300. The summed E-state index contributed by atoms with van der Waals surface area (Å²) >= 11 is 0. The lowest BCUT2D eigenvalue weighted by Crippen LogP contribution is -2.27. The van der Waals surface area contributed by atoms with Crippen molar-refractivity contribution >= 4 is 5.82 Å². The van der Waals surface area contributed by atoms with Gasteiger partial charge < -0.3 is 4.90 Å². The van der Waals surface area contributed by atoms with Gasteiger partial charge in [0.15, 0.2) is 0 Å². The number of rotatable bonds is 1. The average molecular weight is 178 g/mol. The van der Waals surface area contributed by atoms with Crippen molar-refractivity contribution in [3.63, 3.8) is 0 Å². The summed E-state index contributed by atoms with van der Waals surface area (Å²) < 4.78 is 12.6. The number of hydrogen-bond acceptors (Lipinski definition) is 2. The molecular formula is C10H11FN2. The number of nitrogens with zero attached hydrogens (tertiary/aromatic N) is 2. The van der Waals surface area contributed by atoms with E-state index in [0.29, 0.717) is 0 Å². The van der Waals surface area contributed by atoms with Crippen molar-refractivity contribution < 1.29 is 4.39 Å². The van der Waals surface area contributed by atoms with Crippen molar-refractivity contribution in [2.45, 2.75) is 6.42 Å². The minimum atomic E-state index is -0.281. The molecule has 13 heavy (non-hydrogen) atoms. The SMILES string of the molecule is Fc1ccc(N2CC=CCC2)nc1. The van der Waals surface area contributed by atoms with Gasteiger partial charge in [-0.05, 0) is 18.6 Å². The largest absolute Gasteiger partial charge is 0.353 e. The first kappa shape index (κ1) is 8.23. The van der Waals surface area contributed by atoms with E-state index in [1.807, 2.05) is 0 Å². The fourth-order valence-corrected chi connectivity index (χ4v) is 1.40. The molecule has 0 saturated heterocycles. The van der Waals surface area contributed by atoms with Crippen LogP contribution in [0.4, 0.5) is 10.2 Å². The van der Waals surface area contributed by atoms with Gasteiger partial charge in [-0.1, -0.05) is 12.2 Å². The molecule has 68 valence electrons. The van der Waals surface area contributed by atoms with Crippen molar-refractivity contribution in [3.8, 4) is 0 Å². The summed E-state index contributed by atoms with van der Waals surface area (Å²) in [4.78, 5) is 6.14. The smallest absolute Gasteiger partial charge is 0.141 e. The van der Waals surface area contributed by atoms with Gasteiger partial charge in [0, 0.05) is 13.1 Å². The Bertz CT molecular complexity index is 305. The van der Waals surface area contributed by atoms with E-state index >= 15 is 0 Å². The maximum atomic E-state index is 12.6. The normalized spacial score (nSPS) is 16.2. The highest BCUT2D eigenvalue weighted by atomic mass is 19.1. The molecule has 0 saturated carbocycles. The molecule has 1 aliphatic heterocycles. The van der Waals surface area contributed by atoms with Crippen LogP contribution in [0.3, 0.4) is 0 Å². The lowest BCUT2D eigenvalue weighted by Gasteiger charge is -2.24. The van der Waals surface area contributed by atoms with Crippen LogP contribution in [-0.2, 0) is 0 Å². The Hall–Kier alpha value is -1.38. The molecule has 0 amide bonds. The van der Waals surface area contributed by atoms with Crippen molar-refractivity contribution in [3.05, 3.63) is 36.3 Å². The molecule has 0 spiro atoms. The molecule has 3 heteroatoms. The monoisotopic (exact) mass is 178 g/mol. The third-order valence-electron chi connectivity index (χ3n) is 2.09. The molecule has 2 heterocycles. The van der Waals surface area contributed by atoms with E-state index in [9.17, 15) is 4.39 Å². The summed E-state index contributed by atoms with van der Waals surface area (Å²) in [5, 5.41) is 0. The summed E-state index contributed by atoms with van der Waals surface area (Å²) in [7, 11) is 0. The zero-order valence-corrected chi connectivity index (χ0v) is 7.28. The minimum Gasteiger partial charge on any atom is -0.353 e. The molecule has 1 aromatic heterocycles. The second-order valence-electron chi connectivity index (χ2n) is 3.04.